The summed E-state index contributed by atoms with van der Waals surface area (Å²) in [7, 11) is 0. The largest absolute Gasteiger partial charge is 0.369 e. The van der Waals surface area contributed by atoms with Gasteiger partial charge in [0, 0.05) is 40.8 Å². The molecule has 0 saturated carbocycles. The van der Waals surface area contributed by atoms with Crippen LogP contribution in [0.2, 0.25) is 5.02 Å². The standard InChI is InChI=1S/C16H25ClN2S/c1-3-14(18)10-12-9-13(17)5-6-16(12)19-7-8-20-15(4-2)11-19/h5-6,9,14-15H,3-4,7-8,10-11,18H2,1-2H3. The van der Waals surface area contributed by atoms with E-state index in [-0.39, 0.29) is 6.04 Å². The van der Waals surface area contributed by atoms with Gasteiger partial charge in [0.1, 0.15) is 0 Å². The third-order valence-electron chi connectivity index (χ3n) is 3.98. The Kier molecular flexibility index (Phi) is 6.06. The van der Waals surface area contributed by atoms with Gasteiger partial charge in [-0.1, -0.05) is 25.4 Å². The number of thioether (sulfide) groups is 1. The molecule has 0 bridgehead atoms. The van der Waals surface area contributed by atoms with Gasteiger partial charge < -0.3 is 10.6 Å². The van der Waals surface area contributed by atoms with Crippen molar-refractivity contribution < 1.29 is 0 Å². The Morgan fingerprint density at radius 3 is 2.95 bits per heavy atom. The van der Waals surface area contributed by atoms with Gasteiger partial charge in [-0.25, -0.2) is 0 Å². The summed E-state index contributed by atoms with van der Waals surface area (Å²) in [6.07, 6.45) is 3.14. The van der Waals surface area contributed by atoms with E-state index in [1.54, 1.807) is 0 Å². The van der Waals surface area contributed by atoms with Crippen LogP contribution in [0.15, 0.2) is 18.2 Å². The molecule has 1 saturated heterocycles. The third kappa shape index (κ3) is 4.06. The minimum Gasteiger partial charge on any atom is -0.369 e. The van der Waals surface area contributed by atoms with Crippen molar-refractivity contribution in [1.82, 2.24) is 0 Å². The average Bonchev–Trinajstić information content (AvgIpc) is 2.47. The van der Waals surface area contributed by atoms with E-state index in [9.17, 15) is 0 Å². The van der Waals surface area contributed by atoms with E-state index in [1.165, 1.54) is 23.4 Å². The number of hydrogen-bond acceptors (Lipinski definition) is 3. The van der Waals surface area contributed by atoms with E-state index in [0.717, 1.165) is 36.2 Å². The molecule has 112 valence electrons. The summed E-state index contributed by atoms with van der Waals surface area (Å²) in [4.78, 5) is 2.51. The molecule has 2 nitrogen and oxygen atoms in total. The lowest BCUT2D eigenvalue weighted by atomic mass is 10.0. The highest BCUT2D eigenvalue weighted by Crippen LogP contribution is 2.30. The first-order chi connectivity index (χ1) is 9.63. The van der Waals surface area contributed by atoms with E-state index < -0.39 is 0 Å². The Labute approximate surface area is 132 Å². The number of hydrogen-bond donors (Lipinski definition) is 1. The average molecular weight is 313 g/mol. The maximum Gasteiger partial charge on any atom is 0.0410 e. The molecule has 0 spiro atoms. The number of rotatable bonds is 5. The molecule has 0 amide bonds. The molecule has 1 aliphatic rings. The Bertz CT molecular complexity index is 438. The molecule has 1 aromatic carbocycles. The van der Waals surface area contributed by atoms with Crippen molar-refractivity contribution in [2.24, 2.45) is 5.73 Å². The van der Waals surface area contributed by atoms with Crippen molar-refractivity contribution in [3.63, 3.8) is 0 Å². The van der Waals surface area contributed by atoms with Crippen LogP contribution in [0.3, 0.4) is 0 Å². The van der Waals surface area contributed by atoms with Crippen LogP contribution in [0, 0.1) is 0 Å². The summed E-state index contributed by atoms with van der Waals surface area (Å²) in [5.74, 6) is 1.21. The molecular formula is C16H25ClN2S. The zero-order valence-electron chi connectivity index (χ0n) is 12.4. The van der Waals surface area contributed by atoms with Crippen molar-refractivity contribution in [3.8, 4) is 0 Å². The topological polar surface area (TPSA) is 29.3 Å². The van der Waals surface area contributed by atoms with Crippen LogP contribution in [0.1, 0.15) is 32.3 Å². The predicted octanol–water partition coefficient (Wildman–Crippen LogP) is 3.95. The fraction of sp³-hybridized carbons (Fsp3) is 0.625. The van der Waals surface area contributed by atoms with Crippen molar-refractivity contribution in [1.29, 1.82) is 0 Å². The lowest BCUT2D eigenvalue weighted by Gasteiger charge is -2.35. The highest BCUT2D eigenvalue weighted by molar-refractivity contribution is 8.00. The van der Waals surface area contributed by atoms with Gasteiger partial charge in [0.2, 0.25) is 0 Å². The van der Waals surface area contributed by atoms with Crippen LogP contribution in [0.4, 0.5) is 5.69 Å². The first-order valence-corrected chi connectivity index (χ1v) is 8.97. The van der Waals surface area contributed by atoms with E-state index >= 15 is 0 Å². The highest BCUT2D eigenvalue weighted by Gasteiger charge is 2.21. The number of halogens is 1. The lowest BCUT2D eigenvalue weighted by Crippen LogP contribution is -2.38. The highest BCUT2D eigenvalue weighted by atomic mass is 35.5. The Morgan fingerprint density at radius 1 is 1.45 bits per heavy atom. The molecular weight excluding hydrogens is 288 g/mol. The van der Waals surface area contributed by atoms with E-state index in [4.69, 9.17) is 17.3 Å². The van der Waals surface area contributed by atoms with E-state index in [0.29, 0.717) is 0 Å². The molecule has 1 aliphatic heterocycles. The first kappa shape index (κ1) is 16.0. The number of nitrogens with two attached hydrogens (primary N) is 1. The molecule has 4 heteroatoms. The zero-order valence-corrected chi connectivity index (χ0v) is 14.0. The van der Waals surface area contributed by atoms with Crippen LogP contribution < -0.4 is 10.6 Å². The molecule has 2 atom stereocenters. The minimum atomic E-state index is 0.216. The Morgan fingerprint density at radius 2 is 2.25 bits per heavy atom. The number of benzene rings is 1. The molecule has 0 aliphatic carbocycles. The molecule has 2 unspecified atom stereocenters. The maximum absolute atomic E-state index is 6.17. The smallest absolute Gasteiger partial charge is 0.0410 e. The van der Waals surface area contributed by atoms with Crippen molar-refractivity contribution in [3.05, 3.63) is 28.8 Å². The SMILES string of the molecule is CCC(N)Cc1cc(Cl)ccc1N1CCSC(CC)C1. The maximum atomic E-state index is 6.17. The molecule has 20 heavy (non-hydrogen) atoms. The van der Waals surface area contributed by atoms with Gasteiger partial charge in [-0.15, -0.1) is 0 Å². The summed E-state index contributed by atoms with van der Waals surface area (Å²) < 4.78 is 0. The van der Waals surface area contributed by atoms with Gasteiger partial charge in [-0.05, 0) is 43.0 Å². The molecule has 2 rings (SSSR count). The fourth-order valence-electron chi connectivity index (χ4n) is 2.64. The first-order valence-electron chi connectivity index (χ1n) is 7.54. The third-order valence-corrected chi connectivity index (χ3v) is 5.59. The van der Waals surface area contributed by atoms with Gasteiger partial charge in [0.15, 0.2) is 0 Å². The second-order valence-corrected chi connectivity index (χ2v) is 7.34. The van der Waals surface area contributed by atoms with Crippen LogP contribution in [-0.4, -0.2) is 30.1 Å². The van der Waals surface area contributed by atoms with E-state index in [2.05, 4.69) is 42.6 Å². The summed E-state index contributed by atoms with van der Waals surface area (Å²) in [6.45, 7) is 6.67. The molecule has 1 aromatic rings. The van der Waals surface area contributed by atoms with Crippen LogP contribution >= 0.6 is 23.4 Å². The van der Waals surface area contributed by atoms with Gasteiger partial charge >= 0.3 is 0 Å². The molecule has 0 radical (unpaired) electrons. The van der Waals surface area contributed by atoms with Crippen molar-refractivity contribution in [2.45, 2.75) is 44.4 Å². The number of nitrogens with zero attached hydrogens (tertiary/aromatic N) is 1. The Hall–Kier alpha value is -0.380. The normalized spacial score (nSPS) is 21.0. The number of anilines is 1. The second-order valence-electron chi connectivity index (χ2n) is 5.49. The summed E-state index contributed by atoms with van der Waals surface area (Å²) in [5, 5.41) is 1.55. The van der Waals surface area contributed by atoms with Crippen LogP contribution in [0.25, 0.3) is 0 Å². The van der Waals surface area contributed by atoms with Crippen LogP contribution in [-0.2, 0) is 6.42 Å². The predicted molar refractivity (Wildman–Crippen MR) is 92.2 cm³/mol. The van der Waals surface area contributed by atoms with Crippen molar-refractivity contribution >= 4 is 29.1 Å². The second kappa shape index (κ2) is 7.58. The monoisotopic (exact) mass is 312 g/mol. The quantitative estimate of drug-likeness (QED) is 0.892. The minimum absolute atomic E-state index is 0.216. The van der Waals surface area contributed by atoms with Gasteiger partial charge in [0.25, 0.3) is 0 Å². The van der Waals surface area contributed by atoms with Crippen LogP contribution in [0.5, 0.6) is 0 Å². The molecule has 2 N–H and O–H groups in total. The zero-order chi connectivity index (χ0) is 14.5. The van der Waals surface area contributed by atoms with E-state index in [1.807, 2.05) is 6.07 Å². The van der Waals surface area contributed by atoms with Gasteiger partial charge in [-0.2, -0.15) is 11.8 Å². The molecule has 0 aromatic heterocycles. The molecule has 1 heterocycles. The van der Waals surface area contributed by atoms with Gasteiger partial charge in [0.05, 0.1) is 0 Å². The lowest BCUT2D eigenvalue weighted by molar-refractivity contribution is 0.642. The van der Waals surface area contributed by atoms with Gasteiger partial charge in [-0.3, -0.25) is 0 Å². The summed E-state index contributed by atoms with van der Waals surface area (Å²) in [5.41, 5.74) is 8.77. The Balaban J connectivity index is 2.21. The summed E-state index contributed by atoms with van der Waals surface area (Å²) in [6, 6.07) is 6.48. The van der Waals surface area contributed by atoms with Crippen molar-refractivity contribution in [2.75, 3.05) is 23.7 Å². The summed E-state index contributed by atoms with van der Waals surface area (Å²) >= 11 is 8.27. The molecule has 1 fully saturated rings. The fourth-order valence-corrected chi connectivity index (χ4v) is 4.01.